The summed E-state index contributed by atoms with van der Waals surface area (Å²) in [6.45, 7) is 3.77. The lowest BCUT2D eigenvalue weighted by molar-refractivity contribution is -0.117. The molecular formula is C13H17Cl2NO4S. The Labute approximate surface area is 134 Å². The Kier molecular flexibility index (Phi) is 6.46. The lowest BCUT2D eigenvalue weighted by Crippen LogP contribution is -2.37. The highest BCUT2D eigenvalue weighted by Crippen LogP contribution is 2.26. The molecule has 0 aliphatic heterocycles. The molecule has 8 heteroatoms. The van der Waals surface area contributed by atoms with Gasteiger partial charge in [-0.05, 0) is 31.4 Å². The van der Waals surface area contributed by atoms with Crippen molar-refractivity contribution in [1.82, 2.24) is 0 Å². The number of benzene rings is 1. The predicted molar refractivity (Wildman–Crippen MR) is 84.8 cm³/mol. The SMILES string of the molecule is Cc1cccc(C)c1N(CCCS(=O)(=O)O)C(=O)C(Cl)Cl. The van der Waals surface area contributed by atoms with Crippen LogP contribution in [0.2, 0.25) is 0 Å². The molecule has 1 amide bonds. The van der Waals surface area contributed by atoms with Gasteiger partial charge in [0.2, 0.25) is 0 Å². The fourth-order valence-corrected chi connectivity index (χ4v) is 2.82. The molecule has 0 saturated heterocycles. The zero-order valence-corrected chi connectivity index (χ0v) is 14.0. The van der Waals surface area contributed by atoms with E-state index in [2.05, 4.69) is 0 Å². The smallest absolute Gasteiger partial charge is 0.264 e. The van der Waals surface area contributed by atoms with Crippen molar-refractivity contribution in [3.8, 4) is 0 Å². The third-order valence-corrected chi connectivity index (χ3v) is 4.12. The molecule has 0 bridgehead atoms. The largest absolute Gasteiger partial charge is 0.310 e. The summed E-state index contributed by atoms with van der Waals surface area (Å²) in [7, 11) is -4.07. The Morgan fingerprint density at radius 1 is 1.29 bits per heavy atom. The second kappa shape index (κ2) is 7.45. The lowest BCUT2D eigenvalue weighted by Gasteiger charge is -2.26. The average Bonchev–Trinajstić information content (AvgIpc) is 2.34. The minimum absolute atomic E-state index is 0.0822. The van der Waals surface area contributed by atoms with Gasteiger partial charge >= 0.3 is 0 Å². The van der Waals surface area contributed by atoms with Gasteiger partial charge in [0, 0.05) is 12.2 Å². The van der Waals surface area contributed by atoms with Crippen LogP contribution in [0.4, 0.5) is 5.69 Å². The molecule has 118 valence electrons. The zero-order chi connectivity index (χ0) is 16.2. The van der Waals surface area contributed by atoms with Crippen LogP contribution < -0.4 is 4.90 Å². The van der Waals surface area contributed by atoms with Crippen molar-refractivity contribution in [2.24, 2.45) is 0 Å². The van der Waals surface area contributed by atoms with Crippen LogP contribution in [-0.2, 0) is 14.9 Å². The molecule has 0 radical (unpaired) electrons. The number of halogens is 2. The number of amides is 1. The number of nitrogens with zero attached hydrogens (tertiary/aromatic N) is 1. The van der Waals surface area contributed by atoms with Crippen molar-refractivity contribution in [2.75, 3.05) is 17.2 Å². The van der Waals surface area contributed by atoms with Gasteiger partial charge < -0.3 is 4.90 Å². The molecule has 0 saturated carbocycles. The number of carbonyl (C=O) groups excluding carboxylic acids is 1. The summed E-state index contributed by atoms with van der Waals surface area (Å²) < 4.78 is 30.3. The maximum absolute atomic E-state index is 12.2. The van der Waals surface area contributed by atoms with Crippen LogP contribution in [0.25, 0.3) is 0 Å². The standard InChI is InChI=1S/C13H17Cl2NO4S/c1-9-5-3-6-10(2)11(9)16(13(17)12(14)15)7-4-8-21(18,19)20/h3,5-6,12H,4,7-8H2,1-2H3,(H,18,19,20). The molecule has 1 rings (SSSR count). The third-order valence-electron chi connectivity index (χ3n) is 2.95. The monoisotopic (exact) mass is 353 g/mol. The van der Waals surface area contributed by atoms with E-state index in [0.29, 0.717) is 5.69 Å². The highest BCUT2D eigenvalue weighted by Gasteiger charge is 2.24. The minimum Gasteiger partial charge on any atom is -0.310 e. The molecule has 0 heterocycles. The van der Waals surface area contributed by atoms with Gasteiger partial charge in [-0.3, -0.25) is 9.35 Å². The van der Waals surface area contributed by atoms with Crippen LogP contribution in [-0.4, -0.2) is 36.0 Å². The van der Waals surface area contributed by atoms with Crippen molar-refractivity contribution >= 4 is 44.9 Å². The van der Waals surface area contributed by atoms with E-state index in [4.69, 9.17) is 27.8 Å². The second-order valence-electron chi connectivity index (χ2n) is 4.67. The van der Waals surface area contributed by atoms with Crippen LogP contribution in [0.5, 0.6) is 0 Å². The molecule has 1 aromatic carbocycles. The summed E-state index contributed by atoms with van der Waals surface area (Å²) in [5.74, 6) is -0.956. The fourth-order valence-electron chi connectivity index (χ4n) is 2.09. The van der Waals surface area contributed by atoms with Crippen LogP contribution >= 0.6 is 23.2 Å². The van der Waals surface area contributed by atoms with Crippen LogP contribution in [0, 0.1) is 13.8 Å². The average molecular weight is 354 g/mol. The molecule has 1 N–H and O–H groups in total. The van der Waals surface area contributed by atoms with Gasteiger partial charge in [-0.1, -0.05) is 41.4 Å². The predicted octanol–water partition coefficient (Wildman–Crippen LogP) is 2.72. The van der Waals surface area contributed by atoms with Gasteiger partial charge in [0.1, 0.15) is 0 Å². The number of hydrogen-bond acceptors (Lipinski definition) is 3. The van der Waals surface area contributed by atoms with Crippen LogP contribution in [0.3, 0.4) is 0 Å². The number of aryl methyl sites for hydroxylation is 2. The van der Waals surface area contributed by atoms with Crippen molar-refractivity contribution in [3.05, 3.63) is 29.3 Å². The topological polar surface area (TPSA) is 74.7 Å². The summed E-state index contributed by atoms with van der Waals surface area (Å²) in [5.41, 5.74) is 2.36. The Balaban J connectivity index is 3.06. The van der Waals surface area contributed by atoms with E-state index in [0.717, 1.165) is 11.1 Å². The molecule has 0 atom stereocenters. The first kappa shape index (κ1) is 18.2. The number of carbonyl (C=O) groups is 1. The Morgan fingerprint density at radius 2 is 1.81 bits per heavy atom. The van der Waals surface area contributed by atoms with Crippen molar-refractivity contribution < 1.29 is 17.8 Å². The summed E-state index contributed by atoms with van der Waals surface area (Å²) in [4.78, 5) is 12.3. The molecule has 0 fully saturated rings. The van der Waals surface area contributed by atoms with Gasteiger partial charge in [-0.2, -0.15) is 8.42 Å². The molecular weight excluding hydrogens is 337 g/mol. The molecule has 0 aliphatic rings. The van der Waals surface area contributed by atoms with E-state index in [1.54, 1.807) is 0 Å². The maximum atomic E-state index is 12.2. The number of rotatable bonds is 6. The number of anilines is 1. The highest BCUT2D eigenvalue weighted by molar-refractivity contribution is 7.85. The third kappa shape index (κ3) is 5.47. The molecule has 1 aromatic rings. The first-order valence-corrected chi connectivity index (χ1v) is 8.72. The number of hydrogen-bond donors (Lipinski definition) is 1. The highest BCUT2D eigenvalue weighted by atomic mass is 35.5. The van der Waals surface area contributed by atoms with E-state index in [1.165, 1.54) is 4.90 Å². The second-order valence-corrected chi connectivity index (χ2v) is 7.34. The van der Waals surface area contributed by atoms with Crippen LogP contribution in [0.1, 0.15) is 17.5 Å². The molecule has 0 unspecified atom stereocenters. The summed E-state index contributed by atoms with van der Waals surface area (Å²) in [6.07, 6.45) is 0.0822. The zero-order valence-electron chi connectivity index (χ0n) is 11.7. The normalized spacial score (nSPS) is 11.7. The molecule has 5 nitrogen and oxygen atoms in total. The Hall–Kier alpha value is -0.820. The minimum atomic E-state index is -4.07. The van der Waals surface area contributed by atoms with Gasteiger partial charge in [-0.25, -0.2) is 0 Å². The van der Waals surface area contributed by atoms with E-state index < -0.39 is 26.6 Å². The van der Waals surface area contributed by atoms with E-state index in [-0.39, 0.29) is 13.0 Å². The van der Waals surface area contributed by atoms with Gasteiger partial charge in [-0.15, -0.1) is 0 Å². The molecule has 0 aromatic heterocycles. The lowest BCUT2D eigenvalue weighted by atomic mass is 10.1. The number of para-hydroxylation sites is 1. The Bertz CT molecular complexity index is 596. The van der Waals surface area contributed by atoms with E-state index in [1.807, 2.05) is 32.0 Å². The van der Waals surface area contributed by atoms with Gasteiger partial charge in [0.25, 0.3) is 16.0 Å². The van der Waals surface area contributed by atoms with E-state index in [9.17, 15) is 13.2 Å². The maximum Gasteiger partial charge on any atom is 0.264 e. The van der Waals surface area contributed by atoms with Gasteiger partial charge in [0.15, 0.2) is 4.84 Å². The first-order valence-electron chi connectivity index (χ1n) is 6.24. The summed E-state index contributed by atoms with van der Waals surface area (Å²) in [5, 5.41) is 0. The quantitative estimate of drug-likeness (QED) is 0.630. The fraction of sp³-hybridized carbons (Fsp3) is 0.462. The molecule has 0 aliphatic carbocycles. The summed E-state index contributed by atoms with van der Waals surface area (Å²) in [6, 6.07) is 5.53. The molecule has 21 heavy (non-hydrogen) atoms. The summed E-state index contributed by atoms with van der Waals surface area (Å²) >= 11 is 11.3. The van der Waals surface area contributed by atoms with Crippen molar-refractivity contribution in [1.29, 1.82) is 0 Å². The van der Waals surface area contributed by atoms with E-state index >= 15 is 0 Å². The van der Waals surface area contributed by atoms with Crippen LogP contribution in [0.15, 0.2) is 18.2 Å². The van der Waals surface area contributed by atoms with Gasteiger partial charge in [0.05, 0.1) is 5.75 Å². The van der Waals surface area contributed by atoms with Crippen molar-refractivity contribution in [2.45, 2.75) is 25.1 Å². The first-order chi connectivity index (χ1) is 9.63. The Morgan fingerprint density at radius 3 is 2.24 bits per heavy atom. The number of alkyl halides is 2. The molecule has 0 spiro atoms. The van der Waals surface area contributed by atoms with Crippen molar-refractivity contribution in [3.63, 3.8) is 0 Å².